The lowest BCUT2D eigenvalue weighted by Gasteiger charge is -2.14. The van der Waals surface area contributed by atoms with Gasteiger partial charge in [-0.2, -0.15) is 9.89 Å². The van der Waals surface area contributed by atoms with Crippen LogP contribution in [-0.2, 0) is 0 Å². The average Bonchev–Trinajstić information content (AvgIpc) is 2.49. The van der Waals surface area contributed by atoms with E-state index in [1.54, 1.807) is 24.3 Å². The van der Waals surface area contributed by atoms with Crippen LogP contribution in [0.25, 0.3) is 0 Å². The Bertz CT molecular complexity index is 298. The van der Waals surface area contributed by atoms with Gasteiger partial charge in [0.25, 0.3) is 0 Å². The quantitative estimate of drug-likeness (QED) is 0.855. The molecule has 6 heteroatoms. The van der Waals surface area contributed by atoms with Crippen molar-refractivity contribution in [3.05, 3.63) is 16.9 Å². The van der Waals surface area contributed by atoms with Gasteiger partial charge in [-0.1, -0.05) is 0 Å². The molecule has 5 nitrogen and oxygen atoms in total. The number of carbonyl (C=O) groups excluding carboxylic acids is 1. The number of rotatable bonds is 2. The molecule has 0 aromatic carbocycles. The zero-order valence-electron chi connectivity index (χ0n) is 7.49. The van der Waals surface area contributed by atoms with Gasteiger partial charge in [0, 0.05) is 13.6 Å². The SMILES string of the molecule is CCN(C)C(=O)Nn1cc(Br)cn1. The second kappa shape index (κ2) is 4.27. The van der Waals surface area contributed by atoms with Gasteiger partial charge in [-0.25, -0.2) is 10.2 Å². The lowest BCUT2D eigenvalue weighted by Crippen LogP contribution is -2.35. The number of halogens is 1. The fourth-order valence-electron chi connectivity index (χ4n) is 0.689. The highest BCUT2D eigenvalue weighted by Crippen LogP contribution is 2.04. The molecule has 0 unspecified atom stereocenters. The molecule has 0 saturated carbocycles. The van der Waals surface area contributed by atoms with Gasteiger partial charge in [0.05, 0.1) is 16.9 Å². The minimum Gasteiger partial charge on any atom is -0.327 e. The van der Waals surface area contributed by atoms with Gasteiger partial charge in [-0.15, -0.1) is 0 Å². The summed E-state index contributed by atoms with van der Waals surface area (Å²) in [5, 5.41) is 3.88. The van der Waals surface area contributed by atoms with Gasteiger partial charge in [-0.05, 0) is 22.9 Å². The highest BCUT2D eigenvalue weighted by Gasteiger charge is 2.05. The lowest BCUT2D eigenvalue weighted by molar-refractivity contribution is 0.221. The Labute approximate surface area is 84.8 Å². The first-order valence-electron chi connectivity index (χ1n) is 3.85. The minimum atomic E-state index is -0.182. The molecule has 13 heavy (non-hydrogen) atoms. The fraction of sp³-hybridized carbons (Fsp3) is 0.429. The van der Waals surface area contributed by atoms with Crippen molar-refractivity contribution >= 4 is 22.0 Å². The van der Waals surface area contributed by atoms with Gasteiger partial charge in [-0.3, -0.25) is 0 Å². The summed E-state index contributed by atoms with van der Waals surface area (Å²) in [6.07, 6.45) is 3.27. The molecule has 0 atom stereocenters. The third-order valence-electron chi connectivity index (χ3n) is 1.58. The molecule has 0 radical (unpaired) electrons. The van der Waals surface area contributed by atoms with Crippen molar-refractivity contribution in [1.82, 2.24) is 14.8 Å². The van der Waals surface area contributed by atoms with E-state index < -0.39 is 0 Å². The zero-order chi connectivity index (χ0) is 9.84. The molecule has 0 aliphatic rings. The highest BCUT2D eigenvalue weighted by atomic mass is 79.9. The van der Waals surface area contributed by atoms with Gasteiger partial charge in [0.2, 0.25) is 0 Å². The number of hydrogen-bond acceptors (Lipinski definition) is 2. The smallest absolute Gasteiger partial charge is 0.327 e. The van der Waals surface area contributed by atoms with Crippen molar-refractivity contribution in [2.24, 2.45) is 0 Å². The van der Waals surface area contributed by atoms with Crippen LogP contribution in [0.2, 0.25) is 0 Å². The number of aromatic nitrogens is 2. The van der Waals surface area contributed by atoms with Crippen molar-refractivity contribution in [3.8, 4) is 0 Å². The van der Waals surface area contributed by atoms with Crippen LogP contribution in [0.3, 0.4) is 0 Å². The summed E-state index contributed by atoms with van der Waals surface area (Å²) in [5.74, 6) is 0. The number of hydrogen-bond donors (Lipinski definition) is 1. The predicted molar refractivity (Wildman–Crippen MR) is 53.0 cm³/mol. The molecule has 0 fully saturated rings. The number of carbonyl (C=O) groups is 1. The molecular formula is C7H11BrN4O. The van der Waals surface area contributed by atoms with Gasteiger partial charge in [0.15, 0.2) is 0 Å². The second-order valence-corrected chi connectivity index (χ2v) is 3.45. The van der Waals surface area contributed by atoms with Crippen molar-refractivity contribution in [2.75, 3.05) is 19.0 Å². The Kier molecular flexibility index (Phi) is 3.30. The molecule has 0 aliphatic carbocycles. The molecule has 1 aromatic heterocycles. The van der Waals surface area contributed by atoms with E-state index in [9.17, 15) is 4.79 Å². The summed E-state index contributed by atoms with van der Waals surface area (Å²) in [6.45, 7) is 2.56. The molecule has 0 bridgehead atoms. The van der Waals surface area contributed by atoms with E-state index in [1.807, 2.05) is 6.92 Å². The van der Waals surface area contributed by atoms with E-state index in [2.05, 4.69) is 26.5 Å². The topological polar surface area (TPSA) is 50.2 Å². The molecule has 1 heterocycles. The normalized spacial score (nSPS) is 9.77. The van der Waals surface area contributed by atoms with Crippen molar-refractivity contribution < 1.29 is 4.79 Å². The first-order valence-corrected chi connectivity index (χ1v) is 4.65. The van der Waals surface area contributed by atoms with Crippen LogP contribution in [0.4, 0.5) is 4.79 Å². The summed E-state index contributed by atoms with van der Waals surface area (Å²) in [7, 11) is 1.72. The average molecular weight is 247 g/mol. The van der Waals surface area contributed by atoms with E-state index >= 15 is 0 Å². The standard InChI is InChI=1S/C7H11BrN4O/c1-3-11(2)7(13)10-12-5-6(8)4-9-12/h4-5H,3H2,1-2H3,(H,10,13). The van der Waals surface area contributed by atoms with E-state index in [0.717, 1.165) is 4.47 Å². The second-order valence-electron chi connectivity index (χ2n) is 2.53. The maximum absolute atomic E-state index is 11.3. The van der Waals surface area contributed by atoms with E-state index in [1.165, 1.54) is 4.79 Å². The van der Waals surface area contributed by atoms with Crippen LogP contribution in [0.5, 0.6) is 0 Å². The summed E-state index contributed by atoms with van der Waals surface area (Å²) in [5.41, 5.74) is 2.58. The molecule has 1 aromatic rings. The maximum Gasteiger partial charge on any atom is 0.337 e. The summed E-state index contributed by atoms with van der Waals surface area (Å²) in [4.78, 5) is 14.2. The third-order valence-corrected chi connectivity index (χ3v) is 1.99. The third kappa shape index (κ3) is 2.73. The minimum absolute atomic E-state index is 0.182. The van der Waals surface area contributed by atoms with Crippen LogP contribution < -0.4 is 5.43 Å². The predicted octanol–water partition coefficient (Wildman–Crippen LogP) is 1.26. The molecular weight excluding hydrogens is 236 g/mol. The fourth-order valence-corrected chi connectivity index (χ4v) is 0.974. The lowest BCUT2D eigenvalue weighted by atomic mass is 10.6. The Balaban J connectivity index is 2.54. The zero-order valence-corrected chi connectivity index (χ0v) is 9.08. The van der Waals surface area contributed by atoms with Gasteiger partial charge in [0.1, 0.15) is 0 Å². The molecule has 72 valence electrons. The van der Waals surface area contributed by atoms with Crippen LogP contribution >= 0.6 is 15.9 Å². The van der Waals surface area contributed by atoms with E-state index in [-0.39, 0.29) is 6.03 Å². The number of amides is 2. The van der Waals surface area contributed by atoms with Gasteiger partial charge >= 0.3 is 6.03 Å². The van der Waals surface area contributed by atoms with Crippen molar-refractivity contribution in [3.63, 3.8) is 0 Å². The van der Waals surface area contributed by atoms with Gasteiger partial charge < -0.3 is 4.90 Å². The van der Waals surface area contributed by atoms with Crippen molar-refractivity contribution in [2.45, 2.75) is 6.92 Å². The first kappa shape index (κ1) is 10.0. The number of nitrogens with one attached hydrogen (secondary N) is 1. The highest BCUT2D eigenvalue weighted by molar-refractivity contribution is 9.10. The maximum atomic E-state index is 11.3. The van der Waals surface area contributed by atoms with Crippen LogP contribution in [0, 0.1) is 0 Å². The Morgan fingerprint density at radius 1 is 1.85 bits per heavy atom. The molecule has 1 N–H and O–H groups in total. The Morgan fingerprint density at radius 2 is 2.54 bits per heavy atom. The van der Waals surface area contributed by atoms with Crippen LogP contribution in [-0.4, -0.2) is 34.4 Å². The van der Waals surface area contributed by atoms with Crippen LogP contribution in [0.15, 0.2) is 16.9 Å². The summed E-state index contributed by atoms with van der Waals surface area (Å²) in [6, 6.07) is -0.182. The Morgan fingerprint density at radius 3 is 3.00 bits per heavy atom. The molecule has 2 amide bonds. The molecule has 1 rings (SSSR count). The molecule has 0 spiro atoms. The molecule has 0 saturated heterocycles. The van der Waals surface area contributed by atoms with Crippen LogP contribution in [0.1, 0.15) is 6.92 Å². The largest absolute Gasteiger partial charge is 0.337 e. The summed E-state index contributed by atoms with van der Waals surface area (Å²) < 4.78 is 0.826. The van der Waals surface area contributed by atoms with Crippen molar-refractivity contribution in [1.29, 1.82) is 0 Å². The monoisotopic (exact) mass is 246 g/mol. The molecule has 0 aliphatic heterocycles. The number of nitrogens with zero attached hydrogens (tertiary/aromatic N) is 3. The van der Waals surface area contributed by atoms with E-state index in [0.29, 0.717) is 6.54 Å². The summed E-state index contributed by atoms with van der Waals surface area (Å²) >= 11 is 3.23. The number of urea groups is 1. The first-order chi connectivity index (χ1) is 6.13. The Hall–Kier alpha value is -1.04. The van der Waals surface area contributed by atoms with E-state index in [4.69, 9.17) is 0 Å².